The van der Waals surface area contributed by atoms with E-state index in [-0.39, 0.29) is 119 Å². The number of anilines is 1. The molecule has 14 atom stereocenters. The fraction of sp³-hybridized carbons (Fsp3) is 0.427. The van der Waals surface area contributed by atoms with E-state index in [1.54, 1.807) is 25.1 Å². The van der Waals surface area contributed by atoms with E-state index in [4.69, 9.17) is 14.2 Å². The van der Waals surface area contributed by atoms with E-state index in [0.717, 1.165) is 106 Å². The summed E-state index contributed by atoms with van der Waals surface area (Å²) in [7, 11) is 1.51. The number of dihydropyridines is 1. The average molecular weight is 1300 g/mol. The number of aryl methyl sites for hydroxylation is 1. The zero-order valence-corrected chi connectivity index (χ0v) is 55.4. The number of hydrogen-bond acceptors (Lipinski definition) is 13. The number of Topliss-reactive ketones (excluding diaryl/α,β-unsaturated/α-hetero) is 2. The Bertz CT molecular complexity index is 4470. The minimum Gasteiger partial charge on any atom is -0.508 e. The SMILES string of the molecule is COc1cc2cc(O)c1Oc1cc(O)cc(c1)CCC(CO)CC1CCC34CCC5(C3)C(O)c3ccc6c7cn(c(c37)C5C=CC14)C2CC(=O)CC(OC(C)=O)CCC12C3=CC=CC1CC=CC2c1c[nH]cc1C(C#CC3)C(c1cccc(O)c1)C1=CCNC(=C1)N6CCC(C)=O. The van der Waals surface area contributed by atoms with Crippen molar-refractivity contribution >= 4 is 34.0 Å². The van der Waals surface area contributed by atoms with E-state index in [1.165, 1.54) is 25.7 Å². The molecule has 7 aliphatic carbocycles. The molecule has 14 unspecified atom stereocenters. The highest BCUT2D eigenvalue weighted by Gasteiger charge is 2.64. The molecule has 2 aromatic heterocycles. The van der Waals surface area contributed by atoms with Gasteiger partial charge in [0.25, 0.3) is 0 Å². The fourth-order valence-corrected chi connectivity index (χ4v) is 20.4. The van der Waals surface area contributed by atoms with Gasteiger partial charge in [0, 0.05) is 122 Å². The van der Waals surface area contributed by atoms with Gasteiger partial charge in [0.15, 0.2) is 11.5 Å². The van der Waals surface area contributed by atoms with Crippen LogP contribution in [0.3, 0.4) is 0 Å². The van der Waals surface area contributed by atoms with Crippen molar-refractivity contribution in [2.45, 2.75) is 152 Å². The molecule has 0 radical (unpaired) electrons. The Morgan fingerprint density at radius 3 is 2.59 bits per heavy atom. The van der Waals surface area contributed by atoms with Crippen molar-refractivity contribution in [2.24, 2.45) is 39.9 Å². The van der Waals surface area contributed by atoms with Crippen molar-refractivity contribution in [1.82, 2.24) is 14.9 Å². The lowest BCUT2D eigenvalue weighted by molar-refractivity contribution is -0.148. The van der Waals surface area contributed by atoms with Gasteiger partial charge in [0.2, 0.25) is 5.75 Å². The van der Waals surface area contributed by atoms with Crippen molar-refractivity contribution in [3.8, 4) is 46.3 Å². The number of carbonyl (C=O) groups is 3. The Kier molecular flexibility index (Phi) is 15.9. The van der Waals surface area contributed by atoms with Gasteiger partial charge in [-0.1, -0.05) is 84.2 Å². The summed E-state index contributed by atoms with van der Waals surface area (Å²) in [6.07, 6.45) is 33.9. The van der Waals surface area contributed by atoms with Crippen LogP contribution >= 0.6 is 0 Å². The molecule has 6 heterocycles. The number of fused-ring (bicyclic) bond motifs is 6. The Balaban J connectivity index is 0.958. The number of rotatable bonds is 7. The molecule has 6 aromatic rings. The quantitative estimate of drug-likeness (QED) is 0.0450. The van der Waals surface area contributed by atoms with Gasteiger partial charge in [-0.05, 0) is 194 Å². The third-order valence-corrected chi connectivity index (χ3v) is 24.6. The summed E-state index contributed by atoms with van der Waals surface area (Å²) in [4.78, 5) is 49.0. The first-order chi connectivity index (χ1) is 47.0. The molecule has 97 heavy (non-hydrogen) atoms. The van der Waals surface area contributed by atoms with Crippen molar-refractivity contribution in [3.63, 3.8) is 0 Å². The van der Waals surface area contributed by atoms with E-state index in [2.05, 4.69) is 123 Å². The average Bonchev–Trinajstić information content (AvgIpc) is 1.54. The summed E-state index contributed by atoms with van der Waals surface area (Å²) >= 11 is 0. The third kappa shape index (κ3) is 10.6. The molecule has 0 amide bonds. The van der Waals surface area contributed by atoms with Crippen LogP contribution in [0.25, 0.3) is 10.8 Å². The van der Waals surface area contributed by atoms with Gasteiger partial charge in [-0.25, -0.2) is 0 Å². The zero-order valence-electron chi connectivity index (χ0n) is 55.4. The van der Waals surface area contributed by atoms with E-state index < -0.39 is 46.9 Å². The maximum Gasteiger partial charge on any atom is 0.302 e. The van der Waals surface area contributed by atoms with Crippen LogP contribution in [0, 0.1) is 51.8 Å². The second-order valence-electron chi connectivity index (χ2n) is 29.8. The molecule has 500 valence electrons. The molecule has 11 aliphatic rings. The fourth-order valence-electron chi connectivity index (χ4n) is 20.4. The molecule has 2 fully saturated rings. The maximum absolute atomic E-state index is 16.1. The molecule has 17 rings (SSSR count). The van der Waals surface area contributed by atoms with Crippen LogP contribution in [0.2, 0.25) is 0 Å². The summed E-state index contributed by atoms with van der Waals surface area (Å²) in [5.74, 6) is 7.21. The Hall–Kier alpha value is -8.97. The Morgan fingerprint density at radius 1 is 0.876 bits per heavy atom. The highest BCUT2D eigenvalue weighted by atomic mass is 16.5. The summed E-state index contributed by atoms with van der Waals surface area (Å²) in [5.41, 5.74) is 7.74. The van der Waals surface area contributed by atoms with E-state index in [1.807, 2.05) is 24.3 Å². The largest absolute Gasteiger partial charge is 0.508 e. The molecule has 14 bridgehead atoms. The van der Waals surface area contributed by atoms with Gasteiger partial charge in [-0.3, -0.25) is 14.4 Å². The number of aromatic nitrogens is 2. The number of aromatic amines is 1. The first kappa shape index (κ1) is 62.8. The standard InChI is InChI=1S/C82H86N4O11/c1-47(88)25-31-85-70-21-18-63-76-66(70)44-86-71(54-36-72(93)78(73(37-54)95-3)97-61-34-49(33-58(91)40-61)16-17-50(45-87)32-51-22-26-80-28-29-81(46-80,79(63)94)69(77(76)86)20-19-67(51)80)41-59(92)39-60(96-48(2)89)23-27-82-55-9-5-10-56(82)12-7-15-68(82)65-43-83-42-64(65)62(14-6-11-55)75(52-8-4-13-57(90)35-52)53-24-30-84-74(85)38-53/h4-5,7-10,13,15,18-21,24,33-38,40,42-44,50-51,56,60,62,67-69,71,75,79,83-84,87,90-91,93-94H,11-12,16-17,22-23,25-32,39,41,45-46H2,1-3H3. The minimum absolute atomic E-state index is 0.00567. The number of aliphatic hydroxyl groups is 2. The molecule has 15 heteroatoms. The number of methoxy groups -OCH3 is 1. The number of carbonyl (C=O) groups excluding carboxylic acids is 3. The van der Waals surface area contributed by atoms with Crippen LogP contribution < -0.4 is 19.7 Å². The topological polar surface area (TPSA) is 216 Å². The first-order valence-corrected chi connectivity index (χ1v) is 35.2. The lowest BCUT2D eigenvalue weighted by Gasteiger charge is -2.50. The lowest BCUT2D eigenvalue weighted by atomic mass is 9.53. The van der Waals surface area contributed by atoms with E-state index in [0.29, 0.717) is 44.2 Å². The number of aromatic hydroxyl groups is 3. The number of allylic oxidation sites excluding steroid dienone is 10. The van der Waals surface area contributed by atoms with Crippen LogP contribution in [0.5, 0.6) is 34.5 Å². The van der Waals surface area contributed by atoms with Crippen LogP contribution in [0.15, 0.2) is 157 Å². The van der Waals surface area contributed by atoms with Crippen LogP contribution in [0.4, 0.5) is 5.69 Å². The summed E-state index contributed by atoms with van der Waals surface area (Å²) in [5, 5.41) is 65.6. The number of H-pyrrole nitrogens is 1. The number of esters is 1. The summed E-state index contributed by atoms with van der Waals surface area (Å²) in [6.45, 7) is 3.74. The number of nitrogens with one attached hydrogen (secondary N) is 2. The number of phenols is 3. The maximum atomic E-state index is 16.1. The third-order valence-electron chi connectivity index (χ3n) is 24.6. The normalized spacial score (nSPS) is 31.3. The van der Waals surface area contributed by atoms with Crippen LogP contribution in [0.1, 0.15) is 179 Å². The van der Waals surface area contributed by atoms with E-state index in [9.17, 15) is 35.1 Å². The molecule has 4 aromatic carbocycles. The van der Waals surface area contributed by atoms with Crippen molar-refractivity contribution < 1.29 is 54.1 Å². The highest BCUT2D eigenvalue weighted by molar-refractivity contribution is 6.01. The van der Waals surface area contributed by atoms with Gasteiger partial charge < -0.3 is 59.5 Å². The smallest absolute Gasteiger partial charge is 0.302 e. The van der Waals surface area contributed by atoms with Gasteiger partial charge in [0.05, 0.1) is 30.9 Å². The summed E-state index contributed by atoms with van der Waals surface area (Å²) in [6, 6.07) is 19.4. The number of nitrogens with zero attached hydrogens (tertiary/aromatic N) is 2. The van der Waals surface area contributed by atoms with Crippen molar-refractivity contribution in [1.29, 1.82) is 0 Å². The second-order valence-corrected chi connectivity index (χ2v) is 29.8. The zero-order chi connectivity index (χ0) is 66.6. The molecular weight excluding hydrogens is 1220 g/mol. The van der Waals surface area contributed by atoms with Crippen molar-refractivity contribution in [2.75, 3.05) is 31.7 Å². The Morgan fingerprint density at radius 2 is 1.75 bits per heavy atom. The van der Waals surface area contributed by atoms with Gasteiger partial charge in [-0.15, -0.1) is 0 Å². The number of benzene rings is 4. The number of phenolic OH excluding ortho intramolecular Hbond substituents is 3. The van der Waals surface area contributed by atoms with Gasteiger partial charge >= 0.3 is 5.97 Å². The molecule has 0 saturated heterocycles. The molecule has 4 aliphatic heterocycles. The molecule has 2 saturated carbocycles. The molecule has 3 spiro atoms. The van der Waals surface area contributed by atoms with E-state index >= 15 is 4.79 Å². The van der Waals surface area contributed by atoms with Gasteiger partial charge in [0.1, 0.15) is 40.7 Å². The number of ether oxygens (including phenoxy) is 3. The first-order valence-electron chi connectivity index (χ1n) is 35.2. The van der Waals surface area contributed by atoms with Crippen LogP contribution in [-0.2, 0) is 25.5 Å². The number of aliphatic hydroxyl groups excluding tert-OH is 2. The van der Waals surface area contributed by atoms with Gasteiger partial charge in [-0.2, -0.15) is 0 Å². The predicted octanol–water partition coefficient (Wildman–Crippen LogP) is 14.7. The number of hydrogen-bond donors (Lipinski definition) is 7. The van der Waals surface area contributed by atoms with Crippen molar-refractivity contribution in [3.05, 3.63) is 196 Å². The lowest BCUT2D eigenvalue weighted by Crippen LogP contribution is -2.41. The molecule has 7 N–H and O–H groups in total. The Labute approximate surface area is 566 Å². The highest BCUT2D eigenvalue weighted by Crippen LogP contribution is 2.73. The summed E-state index contributed by atoms with van der Waals surface area (Å²) < 4.78 is 21.4. The van der Waals surface area contributed by atoms with Crippen LogP contribution in [-0.4, -0.2) is 85.5 Å². The predicted molar refractivity (Wildman–Crippen MR) is 370 cm³/mol. The molecule has 15 nitrogen and oxygen atoms in total. The minimum atomic E-state index is -0.885. The number of ketones is 2. The second kappa shape index (κ2) is 24.5. The monoisotopic (exact) mass is 1300 g/mol. The molecular formula is C82H86N4O11.